The Balaban J connectivity index is 1.60. The van der Waals surface area contributed by atoms with E-state index in [1.807, 2.05) is 6.08 Å². The Kier molecular flexibility index (Phi) is 5.14. The highest BCUT2D eigenvalue weighted by atomic mass is 35.5. The number of ether oxygens (including phenoxy) is 2. The topological polar surface area (TPSA) is 45.2 Å². The van der Waals surface area contributed by atoms with Gasteiger partial charge >= 0.3 is 0 Å². The smallest absolute Gasteiger partial charge is 0.165 e. The van der Waals surface area contributed by atoms with Crippen LogP contribution < -0.4 is 4.74 Å². The molecule has 1 saturated carbocycles. The number of hydrogen-bond acceptors (Lipinski definition) is 5. The van der Waals surface area contributed by atoms with Gasteiger partial charge < -0.3 is 14.6 Å². The molecule has 5 nitrogen and oxygen atoms in total. The molecule has 0 radical (unpaired) electrons. The van der Waals surface area contributed by atoms with Crippen LogP contribution in [0.5, 0.6) is 11.5 Å². The van der Waals surface area contributed by atoms with E-state index in [1.54, 1.807) is 13.2 Å². The van der Waals surface area contributed by atoms with E-state index in [9.17, 15) is 5.11 Å². The van der Waals surface area contributed by atoms with Crippen molar-refractivity contribution in [2.75, 3.05) is 45.0 Å². The monoisotopic (exact) mass is 490 g/mol. The molecule has 6 aliphatic rings. The van der Waals surface area contributed by atoms with Crippen LogP contribution in [0.1, 0.15) is 24.0 Å². The third-order valence-corrected chi connectivity index (χ3v) is 9.77. The minimum absolute atomic E-state index is 0.0901. The Bertz CT molecular complexity index is 1010. The molecule has 3 unspecified atom stereocenters. The first-order chi connectivity index (χ1) is 16.0. The number of likely N-dealkylation sites (tertiary alicyclic amines) is 1. The third kappa shape index (κ3) is 2.51. The molecular formula is C26H32Cl2N2O3. The van der Waals surface area contributed by atoms with Gasteiger partial charge in [0.25, 0.3) is 0 Å². The Morgan fingerprint density at radius 2 is 2.09 bits per heavy atom. The summed E-state index contributed by atoms with van der Waals surface area (Å²) in [5, 5.41) is 10.9. The summed E-state index contributed by atoms with van der Waals surface area (Å²) in [6.07, 6.45) is 9.41. The fourth-order valence-corrected chi connectivity index (χ4v) is 8.76. The van der Waals surface area contributed by atoms with E-state index in [0.29, 0.717) is 23.6 Å². The number of aromatic hydroxyl groups is 1. The standard InChI is InChI=1S/C26H32Cl2N2O3/c1-3-11-29-12-8-25-21-17-4-5-18(31)22(21)33-23(25)26(32-2)7-6-24(25,19(29)15-17)16-20(26)30(13-9-27)14-10-28/h3-7,19-20,23,31H,1,8-16H2,2H3/t19-,20?,23-,24?,25-,26?/m0/s1. The zero-order chi connectivity index (χ0) is 23.0. The summed E-state index contributed by atoms with van der Waals surface area (Å²) in [5.74, 6) is 1.99. The van der Waals surface area contributed by atoms with E-state index in [4.69, 9.17) is 32.7 Å². The van der Waals surface area contributed by atoms with Crippen molar-refractivity contribution >= 4 is 23.2 Å². The van der Waals surface area contributed by atoms with Gasteiger partial charge in [-0.1, -0.05) is 24.3 Å². The molecular weight excluding hydrogens is 459 g/mol. The maximum Gasteiger partial charge on any atom is 0.165 e. The van der Waals surface area contributed by atoms with E-state index < -0.39 is 5.60 Å². The minimum Gasteiger partial charge on any atom is -0.504 e. The van der Waals surface area contributed by atoms with Crippen molar-refractivity contribution in [2.45, 2.75) is 48.5 Å². The number of alkyl halides is 2. The number of rotatable bonds is 8. The van der Waals surface area contributed by atoms with Gasteiger partial charge in [0.2, 0.25) is 0 Å². The molecule has 7 heteroatoms. The molecule has 1 aromatic carbocycles. The zero-order valence-corrected chi connectivity index (χ0v) is 20.6. The summed E-state index contributed by atoms with van der Waals surface area (Å²) in [6, 6.07) is 4.33. The lowest BCUT2D eigenvalue weighted by Gasteiger charge is -2.72. The van der Waals surface area contributed by atoms with Gasteiger partial charge in [0.05, 0.1) is 5.41 Å². The first-order valence-corrected chi connectivity index (χ1v) is 13.1. The predicted molar refractivity (Wildman–Crippen MR) is 131 cm³/mol. The SMILES string of the molecule is C=CCN1CC[C@]23c4c5ccc(O)c4O[C@@H]2C2(OC)C=CC3(CC2N(CCCl)CCCl)[C@@H]1C5. The van der Waals surface area contributed by atoms with Gasteiger partial charge in [0.15, 0.2) is 11.5 Å². The van der Waals surface area contributed by atoms with Crippen LogP contribution in [0.25, 0.3) is 0 Å². The number of halogens is 2. The summed E-state index contributed by atoms with van der Waals surface area (Å²) in [4.78, 5) is 5.00. The molecule has 0 amide bonds. The van der Waals surface area contributed by atoms with E-state index in [-0.39, 0.29) is 28.7 Å². The molecule has 1 N–H and O–H groups in total. The van der Waals surface area contributed by atoms with Crippen LogP contribution in [0, 0.1) is 5.41 Å². The lowest BCUT2D eigenvalue weighted by molar-refractivity contribution is -0.219. The largest absolute Gasteiger partial charge is 0.504 e. The molecule has 4 aliphatic carbocycles. The molecule has 2 heterocycles. The second-order valence-corrected chi connectivity index (χ2v) is 11.0. The van der Waals surface area contributed by atoms with Crippen molar-refractivity contribution in [3.8, 4) is 11.5 Å². The molecule has 1 saturated heterocycles. The van der Waals surface area contributed by atoms with Crippen LogP contribution in [0.4, 0.5) is 0 Å². The molecule has 2 fully saturated rings. The second kappa shape index (κ2) is 7.63. The molecule has 2 spiro atoms. The highest BCUT2D eigenvalue weighted by Gasteiger charge is 2.79. The Labute approximate surface area is 205 Å². The number of benzene rings is 1. The molecule has 178 valence electrons. The summed E-state index contributed by atoms with van der Waals surface area (Å²) >= 11 is 12.5. The minimum atomic E-state index is -0.634. The van der Waals surface area contributed by atoms with Gasteiger partial charge in [0, 0.05) is 61.6 Å². The highest BCUT2D eigenvalue weighted by molar-refractivity contribution is 6.18. The fourth-order valence-electron chi connectivity index (χ4n) is 8.33. The van der Waals surface area contributed by atoms with E-state index >= 15 is 0 Å². The summed E-state index contributed by atoms with van der Waals surface area (Å²) in [5.41, 5.74) is 1.56. The van der Waals surface area contributed by atoms with Gasteiger partial charge in [-0.2, -0.15) is 0 Å². The Hall–Kier alpha value is -1.24. The van der Waals surface area contributed by atoms with Crippen LogP contribution in [-0.2, 0) is 16.6 Å². The van der Waals surface area contributed by atoms with Crippen LogP contribution in [0.15, 0.2) is 36.9 Å². The Morgan fingerprint density at radius 1 is 1.30 bits per heavy atom. The van der Waals surface area contributed by atoms with E-state index in [2.05, 4.69) is 34.6 Å². The number of fused-ring (bicyclic) bond motifs is 1. The average molecular weight is 491 g/mol. The average Bonchev–Trinajstić information content (AvgIpc) is 3.19. The number of phenolic OH excluding ortho intramolecular Hbond substituents is 1. The van der Waals surface area contributed by atoms with E-state index in [1.165, 1.54) is 11.1 Å². The molecule has 6 atom stereocenters. The lowest BCUT2D eigenvalue weighted by Crippen LogP contribution is -2.82. The van der Waals surface area contributed by atoms with Crippen LogP contribution in [-0.4, -0.2) is 83.7 Å². The number of methoxy groups -OCH3 is 1. The van der Waals surface area contributed by atoms with Gasteiger partial charge in [-0.15, -0.1) is 29.8 Å². The van der Waals surface area contributed by atoms with Crippen molar-refractivity contribution in [3.05, 3.63) is 48.1 Å². The van der Waals surface area contributed by atoms with Crippen LogP contribution in [0.2, 0.25) is 0 Å². The first-order valence-electron chi connectivity index (χ1n) is 12.0. The van der Waals surface area contributed by atoms with Crippen molar-refractivity contribution in [3.63, 3.8) is 0 Å². The quantitative estimate of drug-likeness (QED) is 0.444. The number of hydrogen-bond donors (Lipinski definition) is 1. The number of piperidine rings is 1. The number of nitrogens with zero attached hydrogens (tertiary/aromatic N) is 2. The fraction of sp³-hybridized carbons (Fsp3) is 0.615. The van der Waals surface area contributed by atoms with Gasteiger partial charge in [-0.05, 0) is 37.4 Å². The molecule has 7 rings (SSSR count). The molecule has 2 aliphatic heterocycles. The third-order valence-electron chi connectivity index (χ3n) is 9.43. The first kappa shape index (κ1) is 22.2. The highest BCUT2D eigenvalue weighted by Crippen LogP contribution is 2.74. The van der Waals surface area contributed by atoms with Crippen molar-refractivity contribution < 1.29 is 14.6 Å². The maximum absolute atomic E-state index is 10.9. The molecule has 33 heavy (non-hydrogen) atoms. The van der Waals surface area contributed by atoms with Crippen molar-refractivity contribution in [1.82, 2.24) is 9.80 Å². The predicted octanol–water partition coefficient (Wildman–Crippen LogP) is 3.70. The molecule has 0 aromatic heterocycles. The zero-order valence-electron chi connectivity index (χ0n) is 19.1. The van der Waals surface area contributed by atoms with Crippen LogP contribution >= 0.6 is 23.2 Å². The summed E-state index contributed by atoms with van der Waals surface area (Å²) in [6.45, 7) is 7.39. The van der Waals surface area contributed by atoms with Crippen molar-refractivity contribution in [2.24, 2.45) is 5.41 Å². The second-order valence-electron chi connectivity index (χ2n) is 10.2. The maximum atomic E-state index is 10.9. The van der Waals surface area contributed by atoms with E-state index in [0.717, 1.165) is 45.4 Å². The molecule has 1 aromatic rings. The van der Waals surface area contributed by atoms with Gasteiger partial charge in [-0.25, -0.2) is 0 Å². The Morgan fingerprint density at radius 3 is 2.79 bits per heavy atom. The normalized spacial score (nSPS) is 39.6. The van der Waals surface area contributed by atoms with Crippen LogP contribution in [0.3, 0.4) is 0 Å². The van der Waals surface area contributed by atoms with Gasteiger partial charge in [0.1, 0.15) is 11.7 Å². The summed E-state index contributed by atoms with van der Waals surface area (Å²) in [7, 11) is 1.80. The number of phenols is 1. The van der Waals surface area contributed by atoms with Gasteiger partial charge in [-0.3, -0.25) is 9.80 Å². The van der Waals surface area contributed by atoms with Crippen molar-refractivity contribution in [1.29, 1.82) is 0 Å². The summed E-state index contributed by atoms with van der Waals surface area (Å²) < 4.78 is 13.3. The molecule has 4 bridgehead atoms. The lowest BCUT2D eigenvalue weighted by atomic mass is 9.38.